The van der Waals surface area contributed by atoms with E-state index in [9.17, 15) is 22.8 Å². The van der Waals surface area contributed by atoms with Gasteiger partial charge in [-0.25, -0.2) is 24.1 Å². The van der Waals surface area contributed by atoms with Gasteiger partial charge in [0.1, 0.15) is 41.1 Å². The van der Waals surface area contributed by atoms with E-state index in [1.807, 2.05) is 0 Å². The highest BCUT2D eigenvalue weighted by molar-refractivity contribution is 6.04. The summed E-state index contributed by atoms with van der Waals surface area (Å²) < 4.78 is 61.3. The van der Waals surface area contributed by atoms with Crippen molar-refractivity contribution < 1.29 is 31.9 Å². The van der Waals surface area contributed by atoms with Crippen LogP contribution in [0.4, 0.5) is 34.0 Å². The largest absolute Gasteiger partial charge is 0.447 e. The molecule has 2 fully saturated rings. The van der Waals surface area contributed by atoms with Crippen molar-refractivity contribution in [3.05, 3.63) is 71.7 Å². The fraction of sp³-hybridized carbons (Fsp3) is 0.269. The minimum absolute atomic E-state index is 0.0171. The lowest BCUT2D eigenvalue weighted by Crippen LogP contribution is -2.41. The molecule has 1 aromatic carbocycles. The molecule has 3 N–H and O–H groups in total. The van der Waals surface area contributed by atoms with E-state index in [1.165, 1.54) is 18.3 Å². The third-order valence-corrected chi connectivity index (χ3v) is 7.13. The Labute approximate surface area is 223 Å². The van der Waals surface area contributed by atoms with Crippen molar-refractivity contribution in [2.75, 3.05) is 24.2 Å². The fourth-order valence-corrected chi connectivity index (χ4v) is 5.16. The SMILES string of the molecule is Nc1nccn2c(C3CC[C@H]4COC(=O)N4C3)nc(-c3ccc(C(=O)Nc4cc(C(F)(F)F)ccn4)cc3F)c12. The van der Waals surface area contributed by atoms with Crippen LogP contribution in [0.3, 0.4) is 0 Å². The predicted octanol–water partition coefficient (Wildman–Crippen LogP) is 4.48. The Kier molecular flexibility index (Phi) is 6.04. The number of carbonyl (C=O) groups is 2. The molecule has 2 amide bonds. The number of amides is 2. The van der Waals surface area contributed by atoms with Gasteiger partial charge in [0.05, 0.1) is 11.6 Å². The second kappa shape index (κ2) is 9.47. The van der Waals surface area contributed by atoms with Crippen LogP contribution in [-0.4, -0.2) is 55.4 Å². The zero-order valence-corrected chi connectivity index (χ0v) is 20.7. The summed E-state index contributed by atoms with van der Waals surface area (Å²) in [7, 11) is 0. The number of anilines is 2. The Balaban J connectivity index is 1.32. The summed E-state index contributed by atoms with van der Waals surface area (Å²) >= 11 is 0. The number of benzene rings is 1. The molecule has 206 valence electrons. The molecule has 0 radical (unpaired) electrons. The first-order chi connectivity index (χ1) is 19.1. The zero-order valence-electron chi connectivity index (χ0n) is 20.7. The molecular formula is C26H21F4N7O3. The summed E-state index contributed by atoms with van der Waals surface area (Å²) in [5.41, 5.74) is 5.67. The molecule has 14 heteroatoms. The van der Waals surface area contributed by atoms with Gasteiger partial charge in [-0.1, -0.05) is 0 Å². The number of fused-ring (bicyclic) bond motifs is 2. The minimum Gasteiger partial charge on any atom is -0.447 e. The van der Waals surface area contributed by atoms with E-state index in [0.717, 1.165) is 31.2 Å². The Bertz CT molecular complexity index is 1660. The molecule has 0 aliphatic carbocycles. The summed E-state index contributed by atoms with van der Waals surface area (Å²) in [5.74, 6) is -1.45. The molecule has 0 saturated carbocycles. The second-order valence-corrected chi connectivity index (χ2v) is 9.58. The Hall–Kier alpha value is -4.75. The molecule has 2 atom stereocenters. The van der Waals surface area contributed by atoms with Crippen LogP contribution in [-0.2, 0) is 10.9 Å². The maximum absolute atomic E-state index is 15.5. The van der Waals surface area contributed by atoms with Gasteiger partial charge < -0.3 is 20.7 Å². The number of rotatable bonds is 4. The lowest BCUT2D eigenvalue weighted by molar-refractivity contribution is -0.137. The van der Waals surface area contributed by atoms with Gasteiger partial charge in [0.2, 0.25) is 0 Å². The van der Waals surface area contributed by atoms with Crippen LogP contribution in [0.1, 0.15) is 40.5 Å². The van der Waals surface area contributed by atoms with E-state index in [4.69, 9.17) is 15.5 Å². The molecule has 1 unspecified atom stereocenters. The number of hydrogen-bond donors (Lipinski definition) is 2. The van der Waals surface area contributed by atoms with E-state index >= 15 is 4.39 Å². The van der Waals surface area contributed by atoms with Gasteiger partial charge in [0.25, 0.3) is 5.91 Å². The predicted molar refractivity (Wildman–Crippen MR) is 134 cm³/mol. The van der Waals surface area contributed by atoms with Gasteiger partial charge in [0, 0.05) is 42.2 Å². The highest BCUT2D eigenvalue weighted by Gasteiger charge is 2.40. The maximum Gasteiger partial charge on any atom is 0.416 e. The number of piperidine rings is 1. The Morgan fingerprint density at radius 1 is 1.12 bits per heavy atom. The summed E-state index contributed by atoms with van der Waals surface area (Å²) in [6.07, 6.45) is 0.533. The molecule has 2 saturated heterocycles. The standard InChI is InChI=1S/C26H21F4N7O3/c27-18-9-13(24(38)34-19-10-15(5-6-32-19)26(28,29)30)2-4-17(18)20-21-22(31)33-7-8-36(21)23(35-20)14-1-3-16-12-40-25(39)37(16)11-14/h2,4-10,14,16H,1,3,11-12H2,(H2,31,33)(H,32,34,38)/t14?,16-/m0/s1. The summed E-state index contributed by atoms with van der Waals surface area (Å²) in [5, 5.41) is 2.26. The van der Waals surface area contributed by atoms with E-state index in [0.29, 0.717) is 30.6 Å². The molecular weight excluding hydrogens is 534 g/mol. The van der Waals surface area contributed by atoms with Crippen LogP contribution in [0.25, 0.3) is 16.8 Å². The van der Waals surface area contributed by atoms with Crippen molar-refractivity contribution in [3.8, 4) is 11.3 Å². The summed E-state index contributed by atoms with van der Waals surface area (Å²) in [6.45, 7) is 0.737. The van der Waals surface area contributed by atoms with Crippen molar-refractivity contribution in [2.45, 2.75) is 31.0 Å². The van der Waals surface area contributed by atoms with E-state index in [1.54, 1.807) is 15.5 Å². The molecule has 10 nitrogen and oxygen atoms in total. The van der Waals surface area contributed by atoms with Gasteiger partial charge >= 0.3 is 12.3 Å². The maximum atomic E-state index is 15.5. The quantitative estimate of drug-likeness (QED) is 0.356. The number of nitrogen functional groups attached to an aromatic ring is 1. The topological polar surface area (TPSA) is 128 Å². The Morgan fingerprint density at radius 2 is 1.95 bits per heavy atom. The molecule has 2 aliphatic rings. The Morgan fingerprint density at radius 3 is 2.73 bits per heavy atom. The number of halogens is 4. The molecule has 0 bridgehead atoms. The average molecular weight is 555 g/mol. The van der Waals surface area contributed by atoms with Crippen LogP contribution in [0.5, 0.6) is 0 Å². The molecule has 3 aromatic heterocycles. The van der Waals surface area contributed by atoms with Gasteiger partial charge in [-0.05, 0) is 43.2 Å². The lowest BCUT2D eigenvalue weighted by atomic mass is 9.93. The number of cyclic esters (lactones) is 1. The number of nitrogens with zero attached hydrogens (tertiary/aromatic N) is 5. The van der Waals surface area contributed by atoms with Crippen molar-refractivity contribution in [2.24, 2.45) is 0 Å². The first-order valence-electron chi connectivity index (χ1n) is 12.3. The number of nitrogens with one attached hydrogen (secondary N) is 1. The normalized spacial score (nSPS) is 19.0. The van der Waals surface area contributed by atoms with E-state index in [2.05, 4.69) is 15.3 Å². The zero-order chi connectivity index (χ0) is 28.2. The number of pyridine rings is 1. The molecule has 6 rings (SSSR count). The van der Waals surface area contributed by atoms with Gasteiger partial charge in [0.15, 0.2) is 0 Å². The van der Waals surface area contributed by atoms with Gasteiger partial charge in [-0.15, -0.1) is 0 Å². The van der Waals surface area contributed by atoms with Crippen molar-refractivity contribution in [1.29, 1.82) is 0 Å². The highest BCUT2D eigenvalue weighted by atomic mass is 19.4. The minimum atomic E-state index is -4.61. The molecule has 40 heavy (non-hydrogen) atoms. The first-order valence-corrected chi connectivity index (χ1v) is 12.3. The third-order valence-electron chi connectivity index (χ3n) is 7.13. The van der Waals surface area contributed by atoms with Gasteiger partial charge in [-0.2, -0.15) is 13.2 Å². The van der Waals surface area contributed by atoms with E-state index in [-0.39, 0.29) is 46.5 Å². The van der Waals surface area contributed by atoms with Crippen LogP contribution < -0.4 is 11.1 Å². The highest BCUT2D eigenvalue weighted by Crippen LogP contribution is 2.37. The number of imidazole rings is 1. The van der Waals surface area contributed by atoms with Crippen LogP contribution in [0, 0.1) is 5.82 Å². The number of alkyl halides is 3. The number of hydrogen-bond acceptors (Lipinski definition) is 7. The smallest absolute Gasteiger partial charge is 0.416 e. The molecule has 2 aliphatic heterocycles. The fourth-order valence-electron chi connectivity index (χ4n) is 5.16. The van der Waals surface area contributed by atoms with Crippen molar-refractivity contribution in [1.82, 2.24) is 24.3 Å². The van der Waals surface area contributed by atoms with Crippen molar-refractivity contribution in [3.63, 3.8) is 0 Å². The first kappa shape index (κ1) is 25.5. The van der Waals surface area contributed by atoms with Crippen LogP contribution >= 0.6 is 0 Å². The monoisotopic (exact) mass is 555 g/mol. The number of carbonyl (C=O) groups excluding carboxylic acids is 2. The second-order valence-electron chi connectivity index (χ2n) is 9.58. The van der Waals surface area contributed by atoms with E-state index < -0.39 is 23.5 Å². The summed E-state index contributed by atoms with van der Waals surface area (Å²) in [4.78, 5) is 39.1. The van der Waals surface area contributed by atoms with Crippen LogP contribution in [0.15, 0.2) is 48.9 Å². The molecule has 4 aromatic rings. The average Bonchev–Trinajstić information content (AvgIpc) is 3.49. The molecule has 5 heterocycles. The van der Waals surface area contributed by atoms with Crippen LogP contribution in [0.2, 0.25) is 0 Å². The molecule has 0 spiro atoms. The lowest BCUT2D eigenvalue weighted by Gasteiger charge is -2.31. The van der Waals surface area contributed by atoms with Gasteiger partial charge in [-0.3, -0.25) is 9.20 Å². The number of ether oxygens (including phenoxy) is 1. The van der Waals surface area contributed by atoms with Crippen molar-refractivity contribution >= 4 is 29.2 Å². The third kappa shape index (κ3) is 4.44. The summed E-state index contributed by atoms with van der Waals surface area (Å²) in [6, 6.07) is 5.11. The number of nitrogens with two attached hydrogens (primary N) is 1. The number of aromatic nitrogens is 4.